The minimum atomic E-state index is -1.52. The molecule has 2 aromatic rings. The van der Waals surface area contributed by atoms with E-state index in [9.17, 15) is 14.3 Å². The Morgan fingerprint density at radius 2 is 1.94 bits per heavy atom. The van der Waals surface area contributed by atoms with Gasteiger partial charge in [0, 0.05) is 12.8 Å². The number of aromatic nitrogens is 4. The molecule has 4 saturated carbocycles. The molecule has 0 unspecified atom stereocenters. The number of aliphatic hydroxyl groups excluding tert-OH is 1. The highest BCUT2D eigenvalue weighted by molar-refractivity contribution is 5.81. The minimum Gasteiger partial charge on any atom is -0.461 e. The second-order valence-electron chi connectivity index (χ2n) is 11.5. The summed E-state index contributed by atoms with van der Waals surface area (Å²) in [6.45, 7) is -0.268. The maximum Gasteiger partial charge on any atom is 0.312 e. The Morgan fingerprint density at radius 1 is 1.25 bits per heavy atom. The van der Waals surface area contributed by atoms with Gasteiger partial charge in [-0.05, 0) is 74.5 Å². The number of imidazole rings is 1. The van der Waals surface area contributed by atoms with E-state index in [1.54, 1.807) is 0 Å². The van der Waals surface area contributed by atoms with Gasteiger partial charge in [0.15, 0.2) is 22.6 Å². The standard InChI is InChI=1S/C26H32FN5O4/c1-2-26(18(33)9-19(36-26)32-14-29-21-22(28)30-24(27)31-23(21)32)13-35-20(34)4-3-5-25-10-15-6-16(11-25)8-17(7-15)12-25/h1,14-19,33H,3-13H2,(H2,28,30,31)/t15?,16?,17?,18-,19+,25?,26+/m0/s1. The minimum absolute atomic E-state index is 0.0881. The average molecular weight is 498 g/mol. The molecule has 7 rings (SSSR count). The van der Waals surface area contributed by atoms with Crippen LogP contribution in [-0.4, -0.2) is 48.9 Å². The fourth-order valence-corrected chi connectivity index (χ4v) is 7.81. The summed E-state index contributed by atoms with van der Waals surface area (Å²) >= 11 is 0. The molecule has 5 aliphatic rings. The lowest BCUT2D eigenvalue weighted by Gasteiger charge is -2.57. The van der Waals surface area contributed by atoms with E-state index in [1.165, 1.54) is 49.4 Å². The van der Waals surface area contributed by atoms with Crippen LogP contribution in [0.25, 0.3) is 11.2 Å². The first kappa shape index (κ1) is 23.6. The van der Waals surface area contributed by atoms with Crippen LogP contribution in [0.5, 0.6) is 0 Å². The van der Waals surface area contributed by atoms with Crippen molar-refractivity contribution in [1.82, 2.24) is 19.5 Å². The summed E-state index contributed by atoms with van der Waals surface area (Å²) in [5, 5.41) is 10.8. The molecule has 2 aromatic heterocycles. The molecular formula is C26H32FN5O4. The lowest BCUT2D eigenvalue weighted by Crippen LogP contribution is -2.46. The lowest BCUT2D eigenvalue weighted by molar-refractivity contribution is -0.156. The number of halogens is 1. The number of terminal acetylenes is 1. The summed E-state index contributed by atoms with van der Waals surface area (Å²) < 4.78 is 26.7. The first-order valence-corrected chi connectivity index (χ1v) is 12.9. The van der Waals surface area contributed by atoms with Crippen LogP contribution in [0.15, 0.2) is 6.33 Å². The summed E-state index contributed by atoms with van der Waals surface area (Å²) in [6, 6.07) is 0. The first-order valence-electron chi connectivity index (χ1n) is 12.9. The predicted molar refractivity (Wildman–Crippen MR) is 127 cm³/mol. The maximum absolute atomic E-state index is 13.7. The monoisotopic (exact) mass is 497 g/mol. The third kappa shape index (κ3) is 4.02. The highest BCUT2D eigenvalue weighted by atomic mass is 19.1. The molecule has 0 amide bonds. The van der Waals surface area contributed by atoms with Gasteiger partial charge in [-0.2, -0.15) is 14.4 Å². The Labute approximate surface area is 209 Å². The number of anilines is 1. The highest BCUT2D eigenvalue weighted by Gasteiger charge is 2.51. The third-order valence-corrected chi connectivity index (χ3v) is 8.99. The number of nitrogens with two attached hydrogens (primary N) is 1. The molecule has 5 fully saturated rings. The van der Waals surface area contributed by atoms with Crippen molar-refractivity contribution in [2.75, 3.05) is 12.3 Å². The smallest absolute Gasteiger partial charge is 0.312 e. The largest absolute Gasteiger partial charge is 0.461 e. The Kier molecular flexibility index (Phi) is 5.68. The summed E-state index contributed by atoms with van der Waals surface area (Å²) in [7, 11) is 0. The van der Waals surface area contributed by atoms with E-state index in [0.717, 1.165) is 30.6 Å². The summed E-state index contributed by atoms with van der Waals surface area (Å²) in [4.78, 5) is 23.9. The Hall–Kier alpha value is -2.77. The van der Waals surface area contributed by atoms with Gasteiger partial charge in [-0.1, -0.05) is 5.92 Å². The van der Waals surface area contributed by atoms with Crippen molar-refractivity contribution >= 4 is 23.0 Å². The van der Waals surface area contributed by atoms with Crippen LogP contribution >= 0.6 is 0 Å². The van der Waals surface area contributed by atoms with Gasteiger partial charge < -0.3 is 20.3 Å². The Balaban J connectivity index is 1.06. The fraction of sp³-hybridized carbons (Fsp3) is 0.692. The highest BCUT2D eigenvalue weighted by Crippen LogP contribution is 2.61. The van der Waals surface area contributed by atoms with E-state index in [0.29, 0.717) is 11.8 Å². The van der Waals surface area contributed by atoms with Gasteiger partial charge in [0.05, 0.1) is 6.33 Å². The zero-order chi connectivity index (χ0) is 25.1. The Bertz CT molecular complexity index is 1190. The number of hydrogen-bond donors (Lipinski definition) is 2. The van der Waals surface area contributed by atoms with Gasteiger partial charge in [-0.25, -0.2) is 4.98 Å². The van der Waals surface area contributed by atoms with Crippen LogP contribution in [0.3, 0.4) is 0 Å². The number of aliphatic hydroxyl groups is 1. The molecule has 1 saturated heterocycles. The van der Waals surface area contributed by atoms with Crippen molar-refractivity contribution in [1.29, 1.82) is 0 Å². The molecule has 4 aliphatic carbocycles. The Morgan fingerprint density at radius 3 is 2.61 bits per heavy atom. The van der Waals surface area contributed by atoms with Crippen LogP contribution in [-0.2, 0) is 14.3 Å². The lowest BCUT2D eigenvalue weighted by atomic mass is 9.48. The number of ether oxygens (including phenoxy) is 2. The molecule has 10 heteroatoms. The van der Waals surface area contributed by atoms with Crippen molar-refractivity contribution in [2.45, 2.75) is 82.1 Å². The average Bonchev–Trinajstić information content (AvgIpc) is 3.38. The van der Waals surface area contributed by atoms with E-state index in [4.69, 9.17) is 21.6 Å². The molecule has 1 aliphatic heterocycles. The van der Waals surface area contributed by atoms with Crippen LogP contribution in [0.1, 0.15) is 70.4 Å². The van der Waals surface area contributed by atoms with Crippen molar-refractivity contribution in [2.24, 2.45) is 23.2 Å². The van der Waals surface area contributed by atoms with E-state index in [-0.39, 0.29) is 36.0 Å². The van der Waals surface area contributed by atoms with Crippen LogP contribution in [0, 0.1) is 41.6 Å². The molecule has 3 N–H and O–H groups in total. The topological polar surface area (TPSA) is 125 Å². The second-order valence-corrected chi connectivity index (χ2v) is 11.5. The summed E-state index contributed by atoms with van der Waals surface area (Å²) in [5.41, 5.74) is 4.99. The number of carbonyl (C=O) groups excluding carboxylic acids is 1. The van der Waals surface area contributed by atoms with Crippen LogP contribution in [0.4, 0.5) is 10.2 Å². The van der Waals surface area contributed by atoms with E-state index in [2.05, 4.69) is 20.9 Å². The van der Waals surface area contributed by atoms with Gasteiger partial charge >= 0.3 is 12.0 Å². The van der Waals surface area contributed by atoms with Crippen molar-refractivity contribution < 1.29 is 23.8 Å². The zero-order valence-corrected chi connectivity index (χ0v) is 20.2. The number of nitrogen functional groups attached to an aromatic ring is 1. The SMILES string of the molecule is C#C[C@]1(COC(=O)CCCC23CC4CC(CC(C4)C2)C3)O[C@@H](n2cnc3c(N)nc(F)nc32)C[C@@H]1O. The van der Waals surface area contributed by atoms with E-state index < -0.39 is 24.0 Å². The normalized spacial score (nSPS) is 36.9. The molecule has 9 nitrogen and oxygen atoms in total. The van der Waals surface area contributed by atoms with E-state index in [1.807, 2.05) is 0 Å². The van der Waals surface area contributed by atoms with Crippen molar-refractivity contribution in [3.8, 4) is 12.3 Å². The molecule has 0 aromatic carbocycles. The van der Waals surface area contributed by atoms with Gasteiger partial charge in [0.2, 0.25) is 0 Å². The predicted octanol–water partition coefficient (Wildman–Crippen LogP) is 3.13. The molecule has 4 bridgehead atoms. The van der Waals surface area contributed by atoms with Gasteiger partial charge in [-0.15, -0.1) is 6.42 Å². The van der Waals surface area contributed by atoms with Crippen LogP contribution < -0.4 is 5.73 Å². The molecule has 192 valence electrons. The fourth-order valence-electron chi connectivity index (χ4n) is 7.81. The van der Waals surface area contributed by atoms with Crippen molar-refractivity contribution in [3.05, 3.63) is 12.4 Å². The maximum atomic E-state index is 13.7. The van der Waals surface area contributed by atoms with Crippen molar-refractivity contribution in [3.63, 3.8) is 0 Å². The number of fused-ring (bicyclic) bond motifs is 1. The molecule has 36 heavy (non-hydrogen) atoms. The van der Waals surface area contributed by atoms with E-state index >= 15 is 0 Å². The third-order valence-electron chi connectivity index (χ3n) is 8.99. The van der Waals surface area contributed by atoms with Gasteiger partial charge in [0.1, 0.15) is 18.9 Å². The quantitative estimate of drug-likeness (QED) is 0.340. The molecule has 0 radical (unpaired) electrons. The van der Waals surface area contributed by atoms with Crippen LogP contribution in [0.2, 0.25) is 0 Å². The number of nitrogens with zero attached hydrogens (tertiary/aromatic N) is 4. The second kappa shape index (κ2) is 8.67. The van der Waals surface area contributed by atoms with Gasteiger partial charge in [0.25, 0.3) is 0 Å². The number of esters is 1. The number of hydrogen-bond acceptors (Lipinski definition) is 8. The number of carbonyl (C=O) groups is 1. The molecule has 3 heterocycles. The molecule has 0 spiro atoms. The summed E-state index contributed by atoms with van der Waals surface area (Å²) in [6.07, 6.45) is 14.7. The summed E-state index contributed by atoms with van der Waals surface area (Å²) in [5.74, 6) is 4.70. The van der Waals surface area contributed by atoms with Gasteiger partial charge in [-0.3, -0.25) is 9.36 Å². The number of rotatable bonds is 7. The first-order chi connectivity index (χ1) is 17.3. The zero-order valence-electron chi connectivity index (χ0n) is 20.2. The molecule has 3 atom stereocenters. The molecular weight excluding hydrogens is 465 g/mol.